The highest BCUT2D eigenvalue weighted by Gasteiger charge is 2.52. The Hall–Kier alpha value is -5.06. The third-order valence-electron chi connectivity index (χ3n) is 27.2. The standard InChI is InChI=1S/C15H31N.C15H27N.C14H30N2.C12H23NO.C12H21NO.2C12H21NS.C11H21N3.C11H21N2O.C10H18N2S/c2*1-10-11(2)16(15(7,8)9)12(3)13(10)14(4,5)6;1-10-11(2)16(14(7,8)9)12(3)15(10)13(4,5)6;2*1-8-9(11(2,3)4)13-14-10(8)12(5,6)7;1-8-9(11(2,3)4)13-10(14-8)12(5,6)7;1-8-9(11(2,3)4)13-14-10(8)12(5,6)7;1-8-9(10(2,3)4)13-14(12-8)11(5,6)7;1-10(2,3)8-12-13(7)9(14-8)11(4,5)6;1-9(2,3)7-11-8(13-12-7)10(4,5)6/h10-13H,1-9H3;1-9H3;10-12H,1-9H3;8,10H,1-7H3;5*1-7H3;1-6H3/q;;;;;;;;+1;. The van der Waals surface area contributed by atoms with E-state index < -0.39 is 0 Å². The van der Waals surface area contributed by atoms with E-state index in [9.17, 15) is 0 Å². The van der Waals surface area contributed by atoms with E-state index in [4.69, 9.17) is 18.8 Å². The Bertz CT molecular complexity index is 4680. The van der Waals surface area contributed by atoms with Gasteiger partial charge in [-0.1, -0.05) is 320 Å². The lowest BCUT2D eigenvalue weighted by Gasteiger charge is -2.42. The van der Waals surface area contributed by atoms with E-state index in [2.05, 4.69) is 564 Å². The molecular weight excluding hydrogens is 1840 g/mol. The van der Waals surface area contributed by atoms with Crippen LogP contribution in [-0.2, 0) is 87.9 Å². The summed E-state index contributed by atoms with van der Waals surface area (Å²) in [5, 5.41) is 24.2. The number of hydrogen-bond donors (Lipinski definition) is 0. The monoisotopic (exact) mass is 2080 g/mol. The average molecular weight is 2080 g/mol. The van der Waals surface area contributed by atoms with Crippen molar-refractivity contribution < 1.29 is 18.5 Å². The van der Waals surface area contributed by atoms with E-state index in [0.29, 0.717) is 41.7 Å². The molecule has 7 aromatic heterocycles. The fraction of sp³-hybridized carbons (Fsp3) is 0.839. The first-order valence-electron chi connectivity index (χ1n) is 54.8. The molecule has 3 aliphatic rings. The summed E-state index contributed by atoms with van der Waals surface area (Å²) in [5.74, 6) is 5.68. The highest BCUT2D eigenvalue weighted by molar-refractivity contribution is 7.11. The van der Waals surface area contributed by atoms with Crippen molar-refractivity contribution in [1.82, 2.24) is 63.2 Å². The first-order chi connectivity index (χ1) is 63.4. The summed E-state index contributed by atoms with van der Waals surface area (Å²) in [5.41, 5.74) is 18.2. The summed E-state index contributed by atoms with van der Waals surface area (Å²) in [6.07, 6.45) is 0.738. The van der Waals surface area contributed by atoms with Gasteiger partial charge in [-0.15, -0.1) is 11.3 Å². The molecule has 0 radical (unpaired) electrons. The van der Waals surface area contributed by atoms with Gasteiger partial charge < -0.3 is 18.3 Å². The van der Waals surface area contributed by atoms with Crippen LogP contribution in [-0.4, -0.2) is 122 Å². The van der Waals surface area contributed by atoms with Gasteiger partial charge in [0.15, 0.2) is 7.05 Å². The minimum atomic E-state index is -0.0335. The van der Waals surface area contributed by atoms with Gasteiger partial charge in [0.2, 0.25) is 0 Å². The van der Waals surface area contributed by atoms with Crippen molar-refractivity contribution >= 4 is 40.1 Å². The molecule has 2 fully saturated rings. The number of aromatic nitrogens is 11. The second-order valence-electron chi connectivity index (χ2n) is 63.4. The zero-order valence-corrected chi connectivity index (χ0v) is 112. The molecule has 0 aromatic carbocycles. The van der Waals surface area contributed by atoms with Crippen molar-refractivity contribution in [2.45, 2.75) is 641 Å². The minimum absolute atomic E-state index is 0.00521. The van der Waals surface area contributed by atoms with Crippen LogP contribution >= 0.6 is 34.4 Å². The fourth-order valence-electron chi connectivity index (χ4n) is 21.5. The zero-order valence-electron chi connectivity index (χ0n) is 109. The molecule has 2 saturated heterocycles. The number of thiazole rings is 1. The van der Waals surface area contributed by atoms with Gasteiger partial charge >= 0.3 is 5.89 Å². The molecule has 7 aromatic rings. The maximum Gasteiger partial charge on any atom is 0.379 e. The maximum absolute atomic E-state index is 5.80. The van der Waals surface area contributed by atoms with E-state index in [1.165, 1.54) is 77.0 Å². The number of oxime groups is 1. The molecule has 840 valence electrons. The molecule has 10 rings (SSSR count). The summed E-state index contributed by atoms with van der Waals surface area (Å²) in [4.78, 5) is 27.5. The van der Waals surface area contributed by atoms with Crippen LogP contribution < -0.4 is 4.68 Å². The topological polar surface area (TPSA) is 174 Å². The van der Waals surface area contributed by atoms with Crippen LogP contribution in [0.1, 0.15) is 569 Å². The Balaban J connectivity index is 0.000000806. The quantitative estimate of drug-likeness (QED) is 0.131. The summed E-state index contributed by atoms with van der Waals surface area (Å²) in [6, 6.07) is 2.62. The fourth-order valence-corrected chi connectivity index (χ4v) is 24.7. The van der Waals surface area contributed by atoms with Gasteiger partial charge in [-0.2, -0.15) is 23.7 Å². The predicted octanol–water partition coefficient (Wildman–Crippen LogP) is 35.0. The van der Waals surface area contributed by atoms with E-state index >= 15 is 0 Å². The molecule has 0 amide bonds. The summed E-state index contributed by atoms with van der Waals surface area (Å²) >= 11 is 5.02. The van der Waals surface area contributed by atoms with Crippen LogP contribution in [0.4, 0.5) is 0 Å². The molecule has 0 bridgehead atoms. The number of aryl methyl sites for hydroxylation is 3. The van der Waals surface area contributed by atoms with Crippen LogP contribution in [0.5, 0.6) is 0 Å². The second kappa shape index (κ2) is 47.9. The van der Waals surface area contributed by atoms with Crippen molar-refractivity contribution in [3.63, 3.8) is 0 Å². The average Bonchev–Trinajstić information content (AvgIpc) is 1.61. The van der Waals surface area contributed by atoms with Crippen molar-refractivity contribution in [2.75, 3.05) is 0 Å². The predicted molar refractivity (Wildman–Crippen MR) is 635 cm³/mol. The van der Waals surface area contributed by atoms with Gasteiger partial charge in [0.25, 0.3) is 5.89 Å². The molecule has 10 heterocycles. The van der Waals surface area contributed by atoms with E-state index in [1.54, 1.807) is 11.5 Å². The Morgan fingerprint density at radius 2 is 0.772 bits per heavy atom. The van der Waals surface area contributed by atoms with Gasteiger partial charge in [0.1, 0.15) is 22.7 Å². The summed E-state index contributed by atoms with van der Waals surface area (Å²) < 4.78 is 24.5. The van der Waals surface area contributed by atoms with Gasteiger partial charge in [0.05, 0.1) is 56.3 Å². The first kappa shape index (κ1) is 138. The Morgan fingerprint density at radius 3 is 0.972 bits per heavy atom. The number of likely N-dealkylation sites (tertiary alicyclic amines) is 1. The zero-order chi connectivity index (χ0) is 116. The maximum atomic E-state index is 5.80. The molecule has 0 N–H and O–H groups in total. The third-order valence-corrected chi connectivity index (χ3v) is 31.1. The van der Waals surface area contributed by atoms with Gasteiger partial charge in [-0.3, -0.25) is 14.7 Å². The van der Waals surface area contributed by atoms with Gasteiger partial charge in [-0.05, 0) is 276 Å². The molecule has 0 saturated carbocycles. The van der Waals surface area contributed by atoms with E-state index in [-0.39, 0.29) is 110 Å². The van der Waals surface area contributed by atoms with Gasteiger partial charge in [-0.25, -0.2) is 9.97 Å². The normalized spacial score (nSPS) is 19.9. The number of nitrogens with zero attached hydrogens (tertiary/aromatic N) is 15. The first-order valence-corrected chi connectivity index (χ1v) is 57.2. The molecule has 0 aliphatic carbocycles. The highest BCUT2D eigenvalue weighted by atomic mass is 32.1. The number of rotatable bonds is 0. The molecule has 0 spiro atoms. The smallest absolute Gasteiger partial charge is 0.379 e. The van der Waals surface area contributed by atoms with Crippen molar-refractivity contribution in [3.8, 4) is 0 Å². The van der Waals surface area contributed by atoms with Crippen molar-refractivity contribution in [2.24, 2.45) is 46.2 Å². The van der Waals surface area contributed by atoms with Gasteiger partial charge in [0, 0.05) is 144 Å². The molecular formula is C124H234N15O3S3+. The third kappa shape index (κ3) is 38.9. The summed E-state index contributed by atoms with van der Waals surface area (Å²) in [6.45, 7) is 165. The van der Waals surface area contributed by atoms with Crippen LogP contribution in [0.3, 0.4) is 0 Å². The SMILES string of the molecule is CC(C)(C)c1nsc(C(C)(C)C)n1.CC1C(C(C)(C)C)=NOC1C(C)(C)C.CC1C(C)N(C(C)(C)C)C(C)C1C(C)(C)C.CC1C(C)N(C(C)(C)C)C(C)N1C(C)(C)C.C[n+]1nc(C(C)(C)C)oc1C(C)(C)C.Cc1c(C(C)(C)C)c(C)n(C(C)(C)C)c1C.Cc1c(C(C)(C)C)noc1C(C)(C)C.Cc1c(C(C)(C)C)nsc1C(C)(C)C.Cc1nn(C(C)(C)C)nc1C(C)(C)C.Cc1sc(C(C)(C)C)nc1C(C)(C)C. The highest BCUT2D eigenvalue weighted by Crippen LogP contribution is 2.49. The van der Waals surface area contributed by atoms with E-state index in [0.717, 1.165) is 57.3 Å². The number of hydrogen-bond acceptors (Lipinski definition) is 18. The lowest BCUT2D eigenvalue weighted by Crippen LogP contribution is -2.52. The van der Waals surface area contributed by atoms with Crippen LogP contribution in [0, 0.1) is 82.5 Å². The molecule has 21 heteroatoms. The largest absolute Gasteiger partial charge is 0.391 e. The van der Waals surface area contributed by atoms with Crippen LogP contribution in [0.25, 0.3) is 0 Å². The van der Waals surface area contributed by atoms with Crippen molar-refractivity contribution in [3.05, 3.63) is 105 Å². The molecule has 145 heavy (non-hydrogen) atoms. The summed E-state index contributed by atoms with van der Waals surface area (Å²) in [7, 11) is 1.93. The minimum Gasteiger partial charge on any atom is -0.391 e. The Labute approximate surface area is 908 Å². The molecule has 8 unspecified atom stereocenters. The van der Waals surface area contributed by atoms with Crippen molar-refractivity contribution in [1.29, 1.82) is 0 Å². The van der Waals surface area contributed by atoms with Crippen LogP contribution in [0.15, 0.2) is 14.1 Å². The molecule has 18 nitrogen and oxygen atoms in total. The van der Waals surface area contributed by atoms with E-state index in [1.807, 2.05) is 34.8 Å². The van der Waals surface area contributed by atoms with Crippen LogP contribution in [0.2, 0.25) is 0 Å². The second-order valence-corrected chi connectivity index (χ2v) is 66.1. The lowest BCUT2D eigenvalue weighted by atomic mass is 9.71. The Kier molecular flexibility index (Phi) is 45.6. The lowest BCUT2D eigenvalue weighted by molar-refractivity contribution is -0.741. The molecule has 8 atom stereocenters. The molecule has 3 aliphatic heterocycles. The Morgan fingerprint density at radius 1 is 0.345 bits per heavy atom.